The first-order chi connectivity index (χ1) is 11.9. The number of carbonyl (C=O) groups is 1. The van der Waals surface area contributed by atoms with Crippen LogP contribution in [0.15, 0.2) is 41.4 Å². The number of Topliss-reactive ketones (excluding diaryl/α,β-unsaturated/α-hetero) is 1. The van der Waals surface area contributed by atoms with Gasteiger partial charge in [0.05, 0.1) is 12.8 Å². The third kappa shape index (κ3) is 2.25. The standard InChI is InChI=1S/C19H17FN2O3/c1-11-9-16-14(10-15(11)20)17(23)19(24)7-8-22(18(19)21-16)12-3-5-13(25-2)6-4-12/h3-6,9-10,24H,7-8H2,1-2H3. The zero-order chi connectivity index (χ0) is 17.8. The number of benzene rings is 2. The largest absolute Gasteiger partial charge is 0.497 e. The minimum Gasteiger partial charge on any atom is -0.497 e. The molecule has 0 saturated carbocycles. The summed E-state index contributed by atoms with van der Waals surface area (Å²) in [5.41, 5.74) is 0.0325. The van der Waals surface area contributed by atoms with Gasteiger partial charge in [-0.3, -0.25) is 4.79 Å². The van der Waals surface area contributed by atoms with Crippen molar-refractivity contribution in [3.05, 3.63) is 53.3 Å². The Kier molecular flexibility index (Phi) is 3.40. The van der Waals surface area contributed by atoms with Crippen molar-refractivity contribution < 1.29 is 19.0 Å². The summed E-state index contributed by atoms with van der Waals surface area (Å²) in [6.45, 7) is 2.07. The summed E-state index contributed by atoms with van der Waals surface area (Å²) in [5, 5.41) is 10.9. The molecular formula is C19H17FN2O3. The van der Waals surface area contributed by atoms with Gasteiger partial charge in [-0.15, -0.1) is 0 Å². The summed E-state index contributed by atoms with van der Waals surface area (Å²) >= 11 is 0. The summed E-state index contributed by atoms with van der Waals surface area (Å²) in [7, 11) is 1.59. The Labute approximate surface area is 144 Å². The molecule has 1 unspecified atom stereocenters. The number of halogens is 1. The zero-order valence-electron chi connectivity index (χ0n) is 13.9. The molecule has 0 aliphatic carbocycles. The minimum absolute atomic E-state index is 0.130. The van der Waals surface area contributed by atoms with Gasteiger partial charge in [0.1, 0.15) is 17.4 Å². The van der Waals surface area contributed by atoms with Crippen molar-refractivity contribution in [1.82, 2.24) is 0 Å². The average Bonchev–Trinajstić information content (AvgIpc) is 2.95. The molecule has 1 N–H and O–H groups in total. The maximum absolute atomic E-state index is 13.9. The van der Waals surface area contributed by atoms with Crippen molar-refractivity contribution in [2.45, 2.75) is 18.9 Å². The lowest BCUT2D eigenvalue weighted by molar-refractivity contribution is 0.0601. The summed E-state index contributed by atoms with van der Waals surface area (Å²) < 4.78 is 19.0. The third-order valence-corrected chi connectivity index (χ3v) is 4.83. The number of aryl methyl sites for hydroxylation is 1. The number of nitrogens with zero attached hydrogens (tertiary/aromatic N) is 2. The predicted octanol–water partition coefficient (Wildman–Crippen LogP) is 3.01. The van der Waals surface area contributed by atoms with E-state index in [2.05, 4.69) is 4.99 Å². The Morgan fingerprint density at radius 3 is 2.68 bits per heavy atom. The van der Waals surface area contributed by atoms with Crippen LogP contribution in [0.4, 0.5) is 15.8 Å². The van der Waals surface area contributed by atoms with Gasteiger partial charge in [0.2, 0.25) is 5.78 Å². The minimum atomic E-state index is -1.71. The lowest BCUT2D eigenvalue weighted by atomic mass is 9.87. The number of methoxy groups -OCH3 is 1. The summed E-state index contributed by atoms with van der Waals surface area (Å²) in [5.74, 6) is 0.0410. The Hall–Kier alpha value is -2.73. The lowest BCUT2D eigenvalue weighted by Gasteiger charge is -2.30. The van der Waals surface area contributed by atoms with Crippen LogP contribution < -0.4 is 9.64 Å². The highest BCUT2D eigenvalue weighted by molar-refractivity contribution is 6.28. The molecule has 25 heavy (non-hydrogen) atoms. The van der Waals surface area contributed by atoms with Gasteiger partial charge in [0.15, 0.2) is 5.60 Å². The van der Waals surface area contributed by atoms with Crippen LogP contribution in [0.25, 0.3) is 0 Å². The van der Waals surface area contributed by atoms with Crippen molar-refractivity contribution in [2.75, 3.05) is 18.6 Å². The van der Waals surface area contributed by atoms with Crippen molar-refractivity contribution >= 4 is 23.0 Å². The number of carbonyl (C=O) groups excluding carboxylic acids is 1. The number of amidine groups is 1. The Morgan fingerprint density at radius 1 is 1.28 bits per heavy atom. The van der Waals surface area contributed by atoms with Gasteiger partial charge in [-0.25, -0.2) is 9.38 Å². The highest BCUT2D eigenvalue weighted by Gasteiger charge is 2.52. The maximum atomic E-state index is 13.9. The highest BCUT2D eigenvalue weighted by Crippen LogP contribution is 2.40. The van der Waals surface area contributed by atoms with Gasteiger partial charge in [0, 0.05) is 24.2 Å². The molecule has 128 valence electrons. The van der Waals surface area contributed by atoms with E-state index in [1.807, 2.05) is 29.2 Å². The number of rotatable bonds is 2. The van der Waals surface area contributed by atoms with Gasteiger partial charge < -0.3 is 14.7 Å². The van der Waals surface area contributed by atoms with Crippen LogP contribution in [0.1, 0.15) is 22.3 Å². The fourth-order valence-corrected chi connectivity index (χ4v) is 3.37. The molecule has 1 saturated heterocycles. The van der Waals surface area contributed by atoms with E-state index in [0.717, 1.165) is 11.4 Å². The molecule has 1 atom stereocenters. The molecule has 2 aliphatic rings. The van der Waals surface area contributed by atoms with E-state index in [4.69, 9.17) is 4.74 Å². The normalized spacial score (nSPS) is 21.7. The molecule has 2 aromatic carbocycles. The fourth-order valence-electron chi connectivity index (χ4n) is 3.37. The molecule has 2 heterocycles. The first-order valence-corrected chi connectivity index (χ1v) is 8.02. The molecule has 0 bridgehead atoms. The van der Waals surface area contributed by atoms with E-state index < -0.39 is 17.2 Å². The zero-order valence-corrected chi connectivity index (χ0v) is 13.9. The van der Waals surface area contributed by atoms with E-state index in [9.17, 15) is 14.3 Å². The van der Waals surface area contributed by atoms with Crippen LogP contribution in [0.5, 0.6) is 5.75 Å². The van der Waals surface area contributed by atoms with Crippen LogP contribution in [-0.2, 0) is 0 Å². The number of hydrogen-bond donors (Lipinski definition) is 1. The number of aliphatic imine (C=N–C) groups is 1. The van der Waals surface area contributed by atoms with Crippen LogP contribution in [0.2, 0.25) is 0 Å². The molecule has 6 heteroatoms. The van der Waals surface area contributed by atoms with Crippen molar-refractivity contribution in [3.8, 4) is 5.75 Å². The van der Waals surface area contributed by atoms with Crippen LogP contribution in [0.3, 0.4) is 0 Å². The maximum Gasteiger partial charge on any atom is 0.204 e. The number of ether oxygens (including phenoxy) is 1. The Balaban J connectivity index is 1.83. The molecular weight excluding hydrogens is 323 g/mol. The molecule has 2 aliphatic heterocycles. The average molecular weight is 340 g/mol. The molecule has 5 nitrogen and oxygen atoms in total. The molecule has 0 amide bonds. The molecule has 2 aromatic rings. The second-order valence-electron chi connectivity index (χ2n) is 6.34. The van der Waals surface area contributed by atoms with Gasteiger partial charge in [-0.05, 0) is 48.9 Å². The lowest BCUT2D eigenvalue weighted by Crippen LogP contribution is -2.48. The molecule has 1 fully saturated rings. The van der Waals surface area contributed by atoms with Gasteiger partial charge in [0.25, 0.3) is 0 Å². The van der Waals surface area contributed by atoms with Crippen molar-refractivity contribution in [3.63, 3.8) is 0 Å². The van der Waals surface area contributed by atoms with Crippen LogP contribution in [0, 0.1) is 12.7 Å². The monoisotopic (exact) mass is 340 g/mol. The summed E-state index contributed by atoms with van der Waals surface area (Å²) in [4.78, 5) is 19.1. The van der Waals surface area contributed by atoms with E-state index in [1.165, 1.54) is 6.07 Å². The van der Waals surface area contributed by atoms with Crippen LogP contribution in [-0.4, -0.2) is 36.0 Å². The number of ketones is 1. The summed E-state index contributed by atoms with van der Waals surface area (Å²) in [6.07, 6.45) is 0.214. The molecule has 0 spiro atoms. The highest BCUT2D eigenvalue weighted by atomic mass is 19.1. The Bertz CT molecular complexity index is 908. The topological polar surface area (TPSA) is 62.1 Å². The quantitative estimate of drug-likeness (QED) is 0.913. The predicted molar refractivity (Wildman–Crippen MR) is 92.5 cm³/mol. The first-order valence-electron chi connectivity index (χ1n) is 8.02. The molecule has 4 rings (SSSR count). The van der Waals surface area contributed by atoms with E-state index in [-0.39, 0.29) is 12.0 Å². The number of anilines is 1. The second-order valence-corrected chi connectivity index (χ2v) is 6.34. The Morgan fingerprint density at radius 2 is 2.00 bits per heavy atom. The smallest absolute Gasteiger partial charge is 0.204 e. The molecule has 0 aromatic heterocycles. The SMILES string of the molecule is COc1ccc(N2CCC3(O)C(=O)c4cc(F)c(C)cc4N=C23)cc1. The van der Waals surface area contributed by atoms with Gasteiger partial charge in [-0.1, -0.05) is 0 Å². The van der Waals surface area contributed by atoms with Crippen molar-refractivity contribution in [1.29, 1.82) is 0 Å². The first kappa shape index (κ1) is 15.8. The second kappa shape index (κ2) is 5.39. The summed E-state index contributed by atoms with van der Waals surface area (Å²) in [6, 6.07) is 10.0. The van der Waals surface area contributed by atoms with Gasteiger partial charge >= 0.3 is 0 Å². The van der Waals surface area contributed by atoms with Crippen LogP contribution >= 0.6 is 0 Å². The third-order valence-electron chi connectivity index (χ3n) is 4.83. The van der Waals surface area contributed by atoms with Crippen molar-refractivity contribution in [2.24, 2.45) is 4.99 Å². The van der Waals surface area contributed by atoms with E-state index >= 15 is 0 Å². The van der Waals surface area contributed by atoms with Gasteiger partial charge in [-0.2, -0.15) is 0 Å². The van der Waals surface area contributed by atoms with E-state index in [1.54, 1.807) is 20.1 Å². The molecule has 0 radical (unpaired) electrons. The number of hydrogen-bond acceptors (Lipinski definition) is 5. The van der Waals surface area contributed by atoms with E-state index in [0.29, 0.717) is 23.6 Å². The number of fused-ring (bicyclic) bond motifs is 2. The fraction of sp³-hybridized carbons (Fsp3) is 0.263. The number of aliphatic hydroxyl groups is 1.